The van der Waals surface area contributed by atoms with Gasteiger partial charge in [0.15, 0.2) is 0 Å². The van der Waals surface area contributed by atoms with Crippen LogP contribution in [0, 0.1) is 17.3 Å². The first-order chi connectivity index (χ1) is 8.79. The molecule has 0 bridgehead atoms. The summed E-state index contributed by atoms with van der Waals surface area (Å²) in [4.78, 5) is 25.7. The molecule has 1 aliphatic heterocycles. The van der Waals surface area contributed by atoms with Crippen molar-refractivity contribution in [3.8, 4) is 0 Å². The van der Waals surface area contributed by atoms with Crippen molar-refractivity contribution in [2.45, 2.75) is 46.1 Å². The van der Waals surface area contributed by atoms with Crippen LogP contribution in [0.3, 0.4) is 0 Å². The fourth-order valence-corrected chi connectivity index (χ4v) is 3.03. The second-order valence-electron chi connectivity index (χ2n) is 6.86. The maximum Gasteiger partial charge on any atom is 0.233 e. The number of likely N-dealkylation sites (tertiary alicyclic amines) is 1. The van der Waals surface area contributed by atoms with Gasteiger partial charge >= 0.3 is 0 Å². The van der Waals surface area contributed by atoms with E-state index in [1.54, 1.807) is 0 Å². The number of amides is 2. The SMILES string of the molecule is CC(C)(C)CC(O)CN1C(=O)C2CC=CCC2C1=O. The second-order valence-corrected chi connectivity index (χ2v) is 6.86. The smallest absolute Gasteiger partial charge is 0.233 e. The van der Waals surface area contributed by atoms with Gasteiger partial charge in [-0.1, -0.05) is 32.9 Å². The minimum atomic E-state index is -0.638. The summed E-state index contributed by atoms with van der Waals surface area (Å²) in [6, 6.07) is 0. The van der Waals surface area contributed by atoms with Gasteiger partial charge < -0.3 is 5.11 Å². The predicted octanol–water partition coefficient (Wildman–Crippen LogP) is 1.73. The molecule has 1 N–H and O–H groups in total. The molecular formula is C15H23NO3. The summed E-state index contributed by atoms with van der Waals surface area (Å²) >= 11 is 0. The topological polar surface area (TPSA) is 57.6 Å². The van der Waals surface area contributed by atoms with Gasteiger partial charge in [-0.05, 0) is 24.7 Å². The van der Waals surface area contributed by atoms with Crippen molar-refractivity contribution in [1.82, 2.24) is 4.90 Å². The van der Waals surface area contributed by atoms with Crippen LogP contribution in [-0.4, -0.2) is 34.5 Å². The highest BCUT2D eigenvalue weighted by molar-refractivity contribution is 6.05. The Bertz CT molecular complexity index is 382. The molecule has 0 saturated carbocycles. The summed E-state index contributed by atoms with van der Waals surface area (Å²) in [6.07, 6.45) is 5.20. The molecule has 4 heteroatoms. The minimum absolute atomic E-state index is 0.0143. The van der Waals surface area contributed by atoms with Crippen molar-refractivity contribution in [3.05, 3.63) is 12.2 Å². The minimum Gasteiger partial charge on any atom is -0.391 e. The molecule has 19 heavy (non-hydrogen) atoms. The van der Waals surface area contributed by atoms with Gasteiger partial charge in [-0.25, -0.2) is 0 Å². The summed E-state index contributed by atoms with van der Waals surface area (Å²) < 4.78 is 0. The number of imide groups is 1. The van der Waals surface area contributed by atoms with E-state index in [0.29, 0.717) is 19.3 Å². The van der Waals surface area contributed by atoms with Gasteiger partial charge in [-0.15, -0.1) is 0 Å². The van der Waals surface area contributed by atoms with Crippen LogP contribution in [0.1, 0.15) is 40.0 Å². The predicted molar refractivity (Wildman–Crippen MR) is 72.2 cm³/mol. The zero-order valence-corrected chi connectivity index (χ0v) is 11.9. The Hall–Kier alpha value is -1.16. The number of aliphatic hydroxyl groups excluding tert-OH is 1. The molecule has 1 aliphatic carbocycles. The molecule has 2 aliphatic rings. The zero-order valence-electron chi connectivity index (χ0n) is 11.9. The molecule has 1 heterocycles. The molecule has 4 nitrogen and oxygen atoms in total. The summed E-state index contributed by atoms with van der Waals surface area (Å²) in [5.41, 5.74) is -0.0143. The van der Waals surface area contributed by atoms with Crippen LogP contribution < -0.4 is 0 Å². The quantitative estimate of drug-likeness (QED) is 0.624. The van der Waals surface area contributed by atoms with E-state index in [2.05, 4.69) is 0 Å². The van der Waals surface area contributed by atoms with Crippen LogP contribution in [0.25, 0.3) is 0 Å². The Labute approximate surface area is 114 Å². The van der Waals surface area contributed by atoms with E-state index in [9.17, 15) is 14.7 Å². The number of carbonyl (C=O) groups excluding carboxylic acids is 2. The van der Waals surface area contributed by atoms with E-state index in [1.165, 1.54) is 4.90 Å². The number of nitrogens with zero attached hydrogens (tertiary/aromatic N) is 1. The lowest BCUT2D eigenvalue weighted by molar-refractivity contribution is -0.141. The van der Waals surface area contributed by atoms with Crippen molar-refractivity contribution in [3.63, 3.8) is 0 Å². The van der Waals surface area contributed by atoms with Crippen LogP contribution >= 0.6 is 0 Å². The number of fused-ring (bicyclic) bond motifs is 1. The first kappa shape index (κ1) is 14.3. The van der Waals surface area contributed by atoms with Crippen LogP contribution in [0.5, 0.6) is 0 Å². The maximum atomic E-state index is 12.2. The molecule has 0 aromatic heterocycles. The van der Waals surface area contributed by atoms with Crippen LogP contribution in [0.15, 0.2) is 12.2 Å². The number of aliphatic hydroxyl groups is 1. The molecule has 2 rings (SSSR count). The zero-order chi connectivity index (χ0) is 14.2. The Morgan fingerprint density at radius 1 is 1.21 bits per heavy atom. The van der Waals surface area contributed by atoms with Crippen molar-refractivity contribution < 1.29 is 14.7 Å². The van der Waals surface area contributed by atoms with Gasteiger partial charge in [0.1, 0.15) is 0 Å². The van der Waals surface area contributed by atoms with Crippen molar-refractivity contribution in [2.24, 2.45) is 17.3 Å². The molecule has 106 valence electrons. The Kier molecular flexibility index (Phi) is 3.81. The van der Waals surface area contributed by atoms with Crippen LogP contribution in [0.4, 0.5) is 0 Å². The van der Waals surface area contributed by atoms with E-state index in [-0.39, 0.29) is 35.6 Å². The fourth-order valence-electron chi connectivity index (χ4n) is 3.03. The largest absolute Gasteiger partial charge is 0.391 e. The monoisotopic (exact) mass is 265 g/mol. The third kappa shape index (κ3) is 3.06. The average Bonchev–Trinajstić information content (AvgIpc) is 2.53. The lowest BCUT2D eigenvalue weighted by Gasteiger charge is -2.25. The highest BCUT2D eigenvalue weighted by Gasteiger charge is 2.47. The summed E-state index contributed by atoms with van der Waals surface area (Å²) in [5.74, 6) is -0.599. The van der Waals surface area contributed by atoms with Gasteiger partial charge in [0.25, 0.3) is 0 Å². The van der Waals surface area contributed by atoms with Gasteiger partial charge in [0.05, 0.1) is 24.5 Å². The normalized spacial score (nSPS) is 28.7. The Balaban J connectivity index is 2.02. The summed E-state index contributed by atoms with van der Waals surface area (Å²) in [5, 5.41) is 10.1. The third-order valence-electron chi connectivity index (χ3n) is 3.84. The summed E-state index contributed by atoms with van der Waals surface area (Å²) in [6.45, 7) is 6.25. The number of hydrogen-bond donors (Lipinski definition) is 1. The molecule has 1 fully saturated rings. The van der Waals surface area contributed by atoms with Crippen LogP contribution in [-0.2, 0) is 9.59 Å². The van der Waals surface area contributed by atoms with Crippen LogP contribution in [0.2, 0.25) is 0 Å². The molecular weight excluding hydrogens is 242 g/mol. The van der Waals surface area contributed by atoms with E-state index in [1.807, 2.05) is 32.9 Å². The number of β-amino-alcohol motifs (C(OH)–C–C–N with tert-alkyl or cyclic N) is 1. The van der Waals surface area contributed by atoms with Crippen molar-refractivity contribution in [1.29, 1.82) is 0 Å². The molecule has 0 radical (unpaired) electrons. The van der Waals surface area contributed by atoms with Crippen molar-refractivity contribution >= 4 is 11.8 Å². The fraction of sp³-hybridized carbons (Fsp3) is 0.733. The highest BCUT2D eigenvalue weighted by Crippen LogP contribution is 2.35. The molecule has 1 saturated heterocycles. The van der Waals surface area contributed by atoms with Gasteiger partial charge in [-0.3, -0.25) is 14.5 Å². The second kappa shape index (κ2) is 5.08. The number of rotatable bonds is 3. The summed E-state index contributed by atoms with van der Waals surface area (Å²) in [7, 11) is 0. The molecule has 0 aromatic rings. The lowest BCUT2D eigenvalue weighted by atomic mass is 9.85. The van der Waals surface area contributed by atoms with E-state index < -0.39 is 6.10 Å². The van der Waals surface area contributed by atoms with E-state index in [4.69, 9.17) is 0 Å². The van der Waals surface area contributed by atoms with E-state index >= 15 is 0 Å². The van der Waals surface area contributed by atoms with E-state index in [0.717, 1.165) is 0 Å². The highest BCUT2D eigenvalue weighted by atomic mass is 16.3. The maximum absolute atomic E-state index is 12.2. The number of allylic oxidation sites excluding steroid dienone is 2. The molecule has 2 amide bonds. The number of carbonyl (C=O) groups is 2. The standard InChI is InChI=1S/C15H23NO3/c1-15(2,3)8-10(17)9-16-13(18)11-6-4-5-7-12(11)14(16)19/h4-5,10-12,17H,6-9H2,1-3H3. The third-order valence-corrected chi connectivity index (χ3v) is 3.84. The Morgan fingerprint density at radius 2 is 1.68 bits per heavy atom. The molecule has 0 aromatic carbocycles. The van der Waals surface area contributed by atoms with Crippen molar-refractivity contribution in [2.75, 3.05) is 6.54 Å². The Morgan fingerprint density at radius 3 is 2.11 bits per heavy atom. The molecule has 3 unspecified atom stereocenters. The van der Waals surface area contributed by atoms with Gasteiger partial charge in [-0.2, -0.15) is 0 Å². The first-order valence-corrected chi connectivity index (χ1v) is 6.98. The van der Waals surface area contributed by atoms with Gasteiger partial charge in [0, 0.05) is 0 Å². The molecule has 3 atom stereocenters. The number of hydrogen-bond acceptors (Lipinski definition) is 3. The lowest BCUT2D eigenvalue weighted by Crippen LogP contribution is -2.39. The molecule has 0 spiro atoms. The average molecular weight is 265 g/mol. The first-order valence-electron chi connectivity index (χ1n) is 6.98. The van der Waals surface area contributed by atoms with Gasteiger partial charge in [0.2, 0.25) is 11.8 Å².